The van der Waals surface area contributed by atoms with E-state index in [1.165, 1.54) is 23.1 Å². The molecule has 6 nitrogen and oxygen atoms in total. The summed E-state index contributed by atoms with van der Waals surface area (Å²) >= 11 is 8.31. The summed E-state index contributed by atoms with van der Waals surface area (Å²) < 4.78 is 7.28. The lowest BCUT2D eigenvalue weighted by atomic mass is 10.3. The fraction of sp³-hybridized carbons (Fsp3) is 0.471. The van der Waals surface area contributed by atoms with Gasteiger partial charge in [0.2, 0.25) is 5.91 Å². The molecule has 1 saturated heterocycles. The van der Waals surface area contributed by atoms with E-state index in [1.54, 1.807) is 0 Å². The number of ether oxygens (including phenoxy) is 1. The van der Waals surface area contributed by atoms with Crippen LogP contribution >= 0.6 is 35.3 Å². The van der Waals surface area contributed by atoms with Crippen LogP contribution in [0.4, 0.5) is 5.13 Å². The van der Waals surface area contributed by atoms with Crippen molar-refractivity contribution in [2.45, 2.75) is 6.92 Å². The molecule has 26 heavy (non-hydrogen) atoms. The van der Waals surface area contributed by atoms with Crippen LogP contribution in [0.1, 0.15) is 6.92 Å². The van der Waals surface area contributed by atoms with Gasteiger partial charge in [0.1, 0.15) is 10.1 Å². The van der Waals surface area contributed by atoms with E-state index in [9.17, 15) is 4.79 Å². The van der Waals surface area contributed by atoms with Crippen LogP contribution in [-0.2, 0) is 4.79 Å². The van der Waals surface area contributed by atoms with E-state index in [-0.39, 0.29) is 5.91 Å². The van der Waals surface area contributed by atoms with Crippen LogP contribution in [-0.4, -0.2) is 70.6 Å². The highest BCUT2D eigenvalue weighted by Gasteiger charge is 2.18. The van der Waals surface area contributed by atoms with Crippen molar-refractivity contribution in [1.82, 2.24) is 14.8 Å². The largest absolute Gasteiger partial charge is 0.494 e. The lowest BCUT2D eigenvalue weighted by Gasteiger charge is -2.33. The van der Waals surface area contributed by atoms with Gasteiger partial charge in [-0.2, -0.15) is 0 Å². The predicted molar refractivity (Wildman–Crippen MR) is 114 cm³/mol. The van der Waals surface area contributed by atoms with E-state index in [4.69, 9.17) is 17.0 Å². The van der Waals surface area contributed by atoms with Crippen LogP contribution in [0.25, 0.3) is 10.2 Å². The monoisotopic (exact) mass is 410 g/mol. The molecule has 3 rings (SSSR count). The molecule has 140 valence electrons. The lowest BCUT2D eigenvalue weighted by Crippen LogP contribution is -2.46. The van der Waals surface area contributed by atoms with E-state index in [2.05, 4.69) is 27.1 Å². The third kappa shape index (κ3) is 5.06. The molecule has 0 atom stereocenters. The maximum Gasteiger partial charge on any atom is 0.236 e. The maximum atomic E-state index is 12.2. The molecule has 0 saturated carbocycles. The average molecular weight is 411 g/mol. The van der Waals surface area contributed by atoms with Gasteiger partial charge in [0, 0.05) is 26.2 Å². The van der Waals surface area contributed by atoms with Gasteiger partial charge in [-0.05, 0) is 32.2 Å². The van der Waals surface area contributed by atoms with Gasteiger partial charge in [0.15, 0.2) is 5.13 Å². The first kappa shape index (κ1) is 19.3. The van der Waals surface area contributed by atoms with E-state index < -0.39 is 0 Å². The quantitative estimate of drug-likeness (QED) is 0.761. The summed E-state index contributed by atoms with van der Waals surface area (Å²) in [5, 5.41) is 3.47. The number of carbonyl (C=O) groups excluding carboxylic acids is 1. The molecule has 0 bridgehead atoms. The molecular weight excluding hydrogens is 388 g/mol. The maximum absolute atomic E-state index is 12.2. The number of carbonyl (C=O) groups is 1. The number of piperazine rings is 1. The Bertz CT molecular complexity index is 787. The first-order chi connectivity index (χ1) is 12.5. The zero-order chi connectivity index (χ0) is 18.5. The number of aromatic nitrogens is 1. The van der Waals surface area contributed by atoms with Crippen molar-refractivity contribution < 1.29 is 9.53 Å². The Morgan fingerprint density at radius 3 is 2.88 bits per heavy atom. The van der Waals surface area contributed by atoms with E-state index in [0.717, 1.165) is 46.5 Å². The van der Waals surface area contributed by atoms with Gasteiger partial charge in [0.05, 0.1) is 22.6 Å². The minimum atomic E-state index is -0.0874. The first-order valence-electron chi connectivity index (χ1n) is 8.48. The molecule has 0 unspecified atom stereocenters. The number of rotatable bonds is 5. The number of likely N-dealkylation sites (N-methyl/N-ethyl adjacent to an activating group) is 1. The number of hydrogen-bond acceptors (Lipinski definition) is 7. The van der Waals surface area contributed by atoms with Gasteiger partial charge in [-0.25, -0.2) is 4.98 Å². The Balaban J connectivity index is 1.51. The fourth-order valence-electron chi connectivity index (χ4n) is 2.58. The highest BCUT2D eigenvalue weighted by atomic mass is 32.2. The number of fused-ring (bicyclic) bond motifs is 1. The number of nitrogens with zero attached hydrogens (tertiary/aromatic N) is 3. The Hall–Kier alpha value is -1.42. The summed E-state index contributed by atoms with van der Waals surface area (Å²) in [6.07, 6.45) is 0. The number of hydrogen-bond donors (Lipinski definition) is 1. The standard InChI is InChI=1S/C17H22N4O2S3/c1-3-23-12-4-5-13-14(10-12)26-16(18-13)19-15(22)11-25-17(24)21-8-6-20(2)7-9-21/h4-5,10H,3,6-9,11H2,1-2H3,(H,18,19,22). The minimum Gasteiger partial charge on any atom is -0.494 e. The zero-order valence-electron chi connectivity index (χ0n) is 14.9. The SMILES string of the molecule is CCOc1ccc2nc(NC(=O)CSC(=S)N3CCN(C)CC3)sc2c1. The zero-order valence-corrected chi connectivity index (χ0v) is 17.3. The number of thiocarbonyl (C=S) groups is 1. The molecule has 9 heteroatoms. The van der Waals surface area contributed by atoms with Gasteiger partial charge in [-0.3, -0.25) is 4.79 Å². The number of thiazole rings is 1. The molecule has 1 amide bonds. The smallest absolute Gasteiger partial charge is 0.236 e. The highest BCUT2D eigenvalue weighted by Crippen LogP contribution is 2.29. The van der Waals surface area contributed by atoms with Crippen LogP contribution in [0.15, 0.2) is 18.2 Å². The summed E-state index contributed by atoms with van der Waals surface area (Å²) in [6, 6.07) is 5.74. The molecule has 0 radical (unpaired) electrons. The molecule has 1 aromatic carbocycles. The Morgan fingerprint density at radius 2 is 2.15 bits per heavy atom. The van der Waals surface area contributed by atoms with Gasteiger partial charge < -0.3 is 19.9 Å². The van der Waals surface area contributed by atoms with Crippen molar-refractivity contribution in [2.75, 3.05) is 50.9 Å². The summed E-state index contributed by atoms with van der Waals surface area (Å²) in [7, 11) is 2.11. The summed E-state index contributed by atoms with van der Waals surface area (Å²) in [5.74, 6) is 1.02. The summed E-state index contributed by atoms with van der Waals surface area (Å²) in [5.41, 5.74) is 0.856. The molecule has 1 aliphatic heterocycles. The molecule has 2 aromatic rings. The van der Waals surface area contributed by atoms with Crippen molar-refractivity contribution in [3.63, 3.8) is 0 Å². The van der Waals surface area contributed by atoms with Crippen LogP contribution < -0.4 is 10.1 Å². The first-order valence-corrected chi connectivity index (χ1v) is 10.7. The number of thioether (sulfide) groups is 1. The van der Waals surface area contributed by atoms with Crippen molar-refractivity contribution >= 4 is 60.9 Å². The second-order valence-corrected chi connectivity index (χ2v) is 8.61. The van der Waals surface area contributed by atoms with E-state index in [1.807, 2.05) is 25.1 Å². The van der Waals surface area contributed by atoms with Gasteiger partial charge in [-0.1, -0.05) is 35.3 Å². The van der Waals surface area contributed by atoms with Crippen molar-refractivity contribution in [2.24, 2.45) is 0 Å². The topological polar surface area (TPSA) is 57.7 Å². The van der Waals surface area contributed by atoms with Crippen molar-refractivity contribution in [3.8, 4) is 5.75 Å². The predicted octanol–water partition coefficient (Wildman–Crippen LogP) is 2.90. The molecule has 1 N–H and O–H groups in total. The number of nitrogens with one attached hydrogen (secondary N) is 1. The van der Waals surface area contributed by atoms with E-state index in [0.29, 0.717) is 17.5 Å². The normalized spacial score (nSPS) is 15.2. The Labute approximate surface area is 166 Å². The van der Waals surface area contributed by atoms with Gasteiger partial charge >= 0.3 is 0 Å². The fourth-order valence-corrected chi connectivity index (χ4v) is 4.54. The number of anilines is 1. The summed E-state index contributed by atoms with van der Waals surface area (Å²) in [6.45, 7) is 6.42. The molecule has 1 aromatic heterocycles. The lowest BCUT2D eigenvalue weighted by molar-refractivity contribution is -0.113. The van der Waals surface area contributed by atoms with Crippen molar-refractivity contribution in [3.05, 3.63) is 18.2 Å². The molecule has 2 heterocycles. The molecule has 0 spiro atoms. The second-order valence-electron chi connectivity index (χ2n) is 5.97. The highest BCUT2D eigenvalue weighted by molar-refractivity contribution is 8.23. The third-order valence-corrected chi connectivity index (χ3v) is 6.46. The second kappa shape index (κ2) is 8.98. The van der Waals surface area contributed by atoms with E-state index >= 15 is 0 Å². The minimum absolute atomic E-state index is 0.0874. The van der Waals surface area contributed by atoms with Crippen molar-refractivity contribution in [1.29, 1.82) is 0 Å². The van der Waals surface area contributed by atoms with Crippen LogP contribution in [0.3, 0.4) is 0 Å². The Kier molecular flexibility index (Phi) is 6.68. The molecule has 1 aliphatic rings. The molecule has 1 fully saturated rings. The van der Waals surface area contributed by atoms with Crippen LogP contribution in [0.5, 0.6) is 5.75 Å². The third-order valence-electron chi connectivity index (χ3n) is 4.01. The molecule has 0 aliphatic carbocycles. The van der Waals surface area contributed by atoms with Crippen LogP contribution in [0, 0.1) is 0 Å². The van der Waals surface area contributed by atoms with Crippen LogP contribution in [0.2, 0.25) is 0 Å². The van der Waals surface area contributed by atoms with Gasteiger partial charge in [-0.15, -0.1) is 0 Å². The number of benzene rings is 1. The number of amides is 1. The summed E-state index contributed by atoms with van der Waals surface area (Å²) in [4.78, 5) is 21.1. The molecular formula is C17H22N4O2S3. The Morgan fingerprint density at radius 1 is 1.38 bits per heavy atom. The average Bonchev–Trinajstić information content (AvgIpc) is 3.02. The van der Waals surface area contributed by atoms with Gasteiger partial charge in [0.25, 0.3) is 0 Å².